The molecule has 0 atom stereocenters. The number of hydrogen-bond donors (Lipinski definition) is 0. The van der Waals surface area contributed by atoms with E-state index in [0.717, 1.165) is 22.2 Å². The van der Waals surface area contributed by atoms with Crippen molar-refractivity contribution in [2.24, 2.45) is 0 Å². The summed E-state index contributed by atoms with van der Waals surface area (Å²) in [5.74, 6) is 0.637. The lowest BCUT2D eigenvalue weighted by Gasteiger charge is -2.14. The maximum atomic E-state index is 12.1. The van der Waals surface area contributed by atoms with E-state index in [1.54, 1.807) is 36.4 Å². The van der Waals surface area contributed by atoms with Crippen molar-refractivity contribution >= 4 is 68.1 Å². The average Bonchev–Trinajstić information content (AvgIpc) is 2.88. The number of benzene rings is 2. The van der Waals surface area contributed by atoms with E-state index in [1.165, 1.54) is 14.2 Å². The largest absolute Gasteiger partial charge is 0.493 e. The van der Waals surface area contributed by atoms with Gasteiger partial charge in [0.15, 0.2) is 11.5 Å². The van der Waals surface area contributed by atoms with Crippen LogP contribution in [0.15, 0.2) is 39.7 Å². The summed E-state index contributed by atoms with van der Waals surface area (Å²) in [6.45, 7) is 0.221. The van der Waals surface area contributed by atoms with Crippen LogP contribution in [0.2, 0.25) is 10.0 Å². The van der Waals surface area contributed by atoms with Gasteiger partial charge < -0.3 is 9.47 Å². The second kappa shape index (κ2) is 8.78. The Labute approximate surface area is 184 Å². The number of nitrogens with zero attached hydrogens (tertiary/aromatic N) is 1. The van der Waals surface area contributed by atoms with Crippen molar-refractivity contribution in [3.8, 4) is 11.5 Å². The molecule has 2 amide bonds. The molecule has 0 spiro atoms. The van der Waals surface area contributed by atoms with E-state index < -0.39 is 0 Å². The first-order valence-electron chi connectivity index (χ1n) is 7.96. The predicted octanol–water partition coefficient (Wildman–Crippen LogP) is 6.01. The second-order valence-electron chi connectivity index (χ2n) is 5.80. The Hall–Kier alpha value is -1.67. The van der Waals surface area contributed by atoms with Crippen molar-refractivity contribution in [1.82, 2.24) is 4.90 Å². The van der Waals surface area contributed by atoms with Crippen molar-refractivity contribution in [2.75, 3.05) is 14.2 Å². The summed E-state index contributed by atoms with van der Waals surface area (Å²) in [7, 11) is 2.97. The van der Waals surface area contributed by atoms with E-state index in [9.17, 15) is 9.59 Å². The highest BCUT2D eigenvalue weighted by Crippen LogP contribution is 2.39. The Balaban J connectivity index is 1.86. The van der Waals surface area contributed by atoms with Gasteiger partial charge in [-0.3, -0.25) is 14.5 Å². The molecule has 0 radical (unpaired) electrons. The Morgan fingerprint density at radius 1 is 1.21 bits per heavy atom. The predicted molar refractivity (Wildman–Crippen MR) is 115 cm³/mol. The number of ether oxygens (including phenoxy) is 2. The standard InChI is InChI=1S/C19H14BrCl2NO4S/c1-23-18(24)16(28-19(23)25)7-10-5-13(20)17(15(6-10)26-2)27-9-11-3-4-12(21)8-14(11)22/h3-8H,9H2,1-2H3/b16-7-. The van der Waals surface area contributed by atoms with E-state index in [1.807, 2.05) is 0 Å². The molecule has 5 nitrogen and oxygen atoms in total. The van der Waals surface area contributed by atoms with E-state index in [-0.39, 0.29) is 17.8 Å². The first-order chi connectivity index (χ1) is 13.3. The van der Waals surface area contributed by atoms with Crippen molar-refractivity contribution in [2.45, 2.75) is 6.61 Å². The van der Waals surface area contributed by atoms with Crippen molar-refractivity contribution in [3.05, 3.63) is 60.9 Å². The topological polar surface area (TPSA) is 55.8 Å². The van der Waals surface area contributed by atoms with Crippen molar-refractivity contribution in [1.29, 1.82) is 0 Å². The Bertz CT molecular complexity index is 996. The fraction of sp³-hybridized carbons (Fsp3) is 0.158. The van der Waals surface area contributed by atoms with Crippen molar-refractivity contribution in [3.63, 3.8) is 0 Å². The molecular formula is C19H14BrCl2NO4S. The highest BCUT2D eigenvalue weighted by molar-refractivity contribution is 9.10. The van der Waals surface area contributed by atoms with Gasteiger partial charge in [0.1, 0.15) is 6.61 Å². The van der Waals surface area contributed by atoms with Gasteiger partial charge in [-0.05, 0) is 63.6 Å². The minimum Gasteiger partial charge on any atom is -0.493 e. The molecule has 0 saturated carbocycles. The van der Waals surface area contributed by atoms with Crippen molar-refractivity contribution < 1.29 is 19.1 Å². The lowest BCUT2D eigenvalue weighted by molar-refractivity contribution is -0.121. The smallest absolute Gasteiger partial charge is 0.293 e. The molecule has 1 saturated heterocycles. The lowest BCUT2D eigenvalue weighted by atomic mass is 10.1. The van der Waals surface area contributed by atoms with Crippen LogP contribution in [0.5, 0.6) is 11.5 Å². The molecule has 2 aromatic rings. The summed E-state index contributed by atoms with van der Waals surface area (Å²) < 4.78 is 12.0. The number of hydrogen-bond acceptors (Lipinski definition) is 5. The van der Waals surface area contributed by atoms with Crippen LogP contribution in [-0.2, 0) is 11.4 Å². The van der Waals surface area contributed by atoms with Gasteiger partial charge in [-0.2, -0.15) is 0 Å². The molecule has 9 heteroatoms. The van der Waals surface area contributed by atoms with Crippen LogP contribution in [0.25, 0.3) is 6.08 Å². The molecule has 2 aromatic carbocycles. The molecule has 1 heterocycles. The zero-order chi connectivity index (χ0) is 20.4. The third kappa shape index (κ3) is 4.49. The van der Waals surface area contributed by atoms with E-state index in [4.69, 9.17) is 32.7 Å². The number of amides is 2. The van der Waals surface area contributed by atoms with Gasteiger partial charge in [-0.1, -0.05) is 29.3 Å². The number of thioether (sulfide) groups is 1. The summed E-state index contributed by atoms with van der Waals surface area (Å²) in [6.07, 6.45) is 1.64. The van der Waals surface area contributed by atoms with Crippen LogP contribution in [0.3, 0.4) is 0 Å². The third-order valence-corrected chi connectivity index (χ3v) is 6.06. The fourth-order valence-electron chi connectivity index (χ4n) is 2.45. The van der Waals surface area contributed by atoms with Gasteiger partial charge in [0.2, 0.25) is 0 Å². The maximum absolute atomic E-state index is 12.1. The number of methoxy groups -OCH3 is 1. The number of imide groups is 1. The molecule has 28 heavy (non-hydrogen) atoms. The van der Waals surface area contributed by atoms with Crippen LogP contribution in [0.1, 0.15) is 11.1 Å². The normalized spacial score (nSPS) is 15.5. The zero-order valence-corrected chi connectivity index (χ0v) is 18.7. The summed E-state index contributed by atoms with van der Waals surface area (Å²) in [4.78, 5) is 25.1. The van der Waals surface area contributed by atoms with Gasteiger partial charge in [-0.15, -0.1) is 0 Å². The number of rotatable bonds is 5. The molecule has 146 valence electrons. The molecular weight excluding hydrogens is 489 g/mol. The maximum Gasteiger partial charge on any atom is 0.293 e. The summed E-state index contributed by atoms with van der Waals surface area (Å²) in [5.41, 5.74) is 1.47. The molecule has 3 rings (SSSR count). The molecule has 0 aliphatic carbocycles. The highest BCUT2D eigenvalue weighted by atomic mass is 79.9. The fourth-order valence-corrected chi connectivity index (χ4v) is 4.31. The Kier molecular flexibility index (Phi) is 6.60. The van der Waals surface area contributed by atoms with Gasteiger partial charge in [0.05, 0.1) is 16.5 Å². The Morgan fingerprint density at radius 2 is 1.96 bits per heavy atom. The van der Waals surface area contributed by atoms with E-state index in [2.05, 4.69) is 15.9 Å². The first kappa shape index (κ1) is 21.0. The van der Waals surface area contributed by atoms with Gasteiger partial charge >= 0.3 is 0 Å². The highest BCUT2D eigenvalue weighted by Gasteiger charge is 2.31. The number of carbonyl (C=O) groups excluding carboxylic acids is 2. The van der Waals surface area contributed by atoms with Crippen LogP contribution < -0.4 is 9.47 Å². The number of likely N-dealkylation sites (N-methyl/N-ethyl adjacent to an activating group) is 1. The average molecular weight is 503 g/mol. The monoisotopic (exact) mass is 501 g/mol. The molecule has 1 aliphatic rings. The molecule has 0 bridgehead atoms. The first-order valence-corrected chi connectivity index (χ1v) is 10.3. The van der Waals surface area contributed by atoms with Crippen LogP contribution >= 0.6 is 50.9 Å². The molecule has 0 N–H and O–H groups in total. The minimum absolute atomic E-state index is 0.221. The van der Waals surface area contributed by atoms with Gasteiger partial charge in [-0.25, -0.2) is 0 Å². The number of carbonyl (C=O) groups is 2. The third-order valence-electron chi connectivity index (χ3n) is 3.92. The number of halogens is 3. The van der Waals surface area contributed by atoms with E-state index in [0.29, 0.717) is 36.5 Å². The van der Waals surface area contributed by atoms with Crippen LogP contribution in [0.4, 0.5) is 4.79 Å². The summed E-state index contributed by atoms with van der Waals surface area (Å²) in [5, 5.41) is 0.755. The molecule has 0 unspecified atom stereocenters. The van der Waals surface area contributed by atoms with Gasteiger partial charge in [0.25, 0.3) is 11.1 Å². The van der Waals surface area contributed by atoms with E-state index >= 15 is 0 Å². The second-order valence-corrected chi connectivity index (χ2v) is 8.49. The molecule has 1 fully saturated rings. The SMILES string of the molecule is COc1cc(/C=C2\SC(=O)N(C)C2=O)cc(Br)c1OCc1ccc(Cl)cc1Cl. The Morgan fingerprint density at radius 3 is 2.57 bits per heavy atom. The lowest BCUT2D eigenvalue weighted by Crippen LogP contribution is -2.22. The summed E-state index contributed by atoms with van der Waals surface area (Å²) in [6, 6.07) is 8.69. The minimum atomic E-state index is -0.331. The quantitative estimate of drug-likeness (QED) is 0.468. The van der Waals surface area contributed by atoms with Crippen LogP contribution in [0, 0.1) is 0 Å². The van der Waals surface area contributed by atoms with Gasteiger partial charge in [0, 0.05) is 22.7 Å². The molecule has 1 aliphatic heterocycles. The zero-order valence-electron chi connectivity index (χ0n) is 14.8. The summed E-state index contributed by atoms with van der Waals surface area (Å²) >= 11 is 16.5. The molecule has 0 aromatic heterocycles. The van der Waals surface area contributed by atoms with Crippen LogP contribution in [-0.4, -0.2) is 30.2 Å².